The Bertz CT molecular complexity index is 756. The van der Waals surface area contributed by atoms with Crippen LogP contribution >= 0.6 is 0 Å². The molecule has 0 unspecified atom stereocenters. The number of carbonyl (C=O) groups excluding carboxylic acids is 1. The lowest BCUT2D eigenvalue weighted by Gasteiger charge is -2.07. The van der Waals surface area contributed by atoms with Gasteiger partial charge in [0.1, 0.15) is 0 Å². The minimum absolute atomic E-state index is 0.0330. The Morgan fingerprint density at radius 1 is 1.25 bits per heavy atom. The molecule has 2 heterocycles. The minimum Gasteiger partial charge on any atom is -0.357 e. The van der Waals surface area contributed by atoms with Crippen molar-refractivity contribution in [2.75, 3.05) is 5.32 Å². The second kappa shape index (κ2) is 5.17. The molecule has 0 saturated heterocycles. The molecule has 0 bridgehead atoms. The normalized spacial score (nSPS) is 10.7. The second-order valence-corrected chi connectivity index (χ2v) is 4.79. The van der Waals surface area contributed by atoms with Crippen LogP contribution < -0.4 is 5.32 Å². The van der Waals surface area contributed by atoms with E-state index in [4.69, 9.17) is 0 Å². The van der Waals surface area contributed by atoms with Crippen LogP contribution in [-0.2, 0) is 18.3 Å². The van der Waals surface area contributed by atoms with Gasteiger partial charge in [-0.25, -0.2) is 0 Å². The molecule has 0 radical (unpaired) electrons. The molecule has 3 rings (SSSR count). The largest absolute Gasteiger partial charge is 0.357 e. The van der Waals surface area contributed by atoms with Crippen LogP contribution in [0.15, 0.2) is 55.0 Å². The van der Waals surface area contributed by atoms with Crippen molar-refractivity contribution in [2.24, 2.45) is 7.05 Å². The number of hydrogen-bond acceptors (Lipinski definition) is 2. The number of nitrogens with one attached hydrogen (secondary N) is 1. The molecule has 0 aliphatic rings. The standard InChI is InChI=1S/C16H15N3O/c1-19-9-7-12(11-19)10-15(20)18-14-6-2-4-13-5-3-8-17-16(13)14/h2-9,11H,10H2,1H3,(H,18,20). The predicted octanol–water partition coefficient (Wildman–Crippen LogP) is 2.75. The molecule has 0 aliphatic heterocycles. The minimum atomic E-state index is -0.0330. The van der Waals surface area contributed by atoms with E-state index in [1.54, 1.807) is 6.20 Å². The van der Waals surface area contributed by atoms with Crippen LogP contribution in [0.1, 0.15) is 5.56 Å². The summed E-state index contributed by atoms with van der Waals surface area (Å²) in [4.78, 5) is 16.4. The van der Waals surface area contributed by atoms with E-state index in [0.717, 1.165) is 22.2 Å². The monoisotopic (exact) mass is 265 g/mol. The van der Waals surface area contributed by atoms with Crippen LogP contribution in [0.4, 0.5) is 5.69 Å². The number of amides is 1. The summed E-state index contributed by atoms with van der Waals surface area (Å²) in [5.74, 6) is -0.0330. The molecule has 0 atom stereocenters. The summed E-state index contributed by atoms with van der Waals surface area (Å²) in [6, 6.07) is 11.6. The number of aromatic nitrogens is 2. The van der Waals surface area contributed by atoms with Gasteiger partial charge in [0.15, 0.2) is 0 Å². The Kier molecular flexibility index (Phi) is 3.21. The van der Waals surface area contributed by atoms with E-state index >= 15 is 0 Å². The highest BCUT2D eigenvalue weighted by atomic mass is 16.1. The van der Waals surface area contributed by atoms with Gasteiger partial charge in [0.25, 0.3) is 0 Å². The number of pyridine rings is 1. The van der Waals surface area contributed by atoms with E-state index in [9.17, 15) is 4.79 Å². The molecule has 1 N–H and O–H groups in total. The first-order valence-electron chi connectivity index (χ1n) is 6.47. The maximum Gasteiger partial charge on any atom is 0.228 e. The Balaban J connectivity index is 1.81. The van der Waals surface area contributed by atoms with Crippen LogP contribution in [0, 0.1) is 0 Å². The molecule has 1 amide bonds. The van der Waals surface area contributed by atoms with Gasteiger partial charge < -0.3 is 9.88 Å². The molecule has 4 heteroatoms. The first-order chi connectivity index (χ1) is 9.72. The number of anilines is 1. The summed E-state index contributed by atoms with van der Waals surface area (Å²) in [5.41, 5.74) is 2.57. The first kappa shape index (κ1) is 12.4. The molecule has 3 aromatic rings. The lowest BCUT2D eigenvalue weighted by Crippen LogP contribution is -2.14. The van der Waals surface area contributed by atoms with Gasteiger partial charge in [-0.2, -0.15) is 0 Å². The fourth-order valence-electron chi connectivity index (χ4n) is 2.25. The fourth-order valence-corrected chi connectivity index (χ4v) is 2.25. The predicted molar refractivity (Wildman–Crippen MR) is 79.5 cm³/mol. The maximum atomic E-state index is 12.1. The van der Waals surface area contributed by atoms with Gasteiger partial charge >= 0.3 is 0 Å². The van der Waals surface area contributed by atoms with Gasteiger partial charge in [0.2, 0.25) is 5.91 Å². The van der Waals surface area contributed by atoms with Crippen molar-refractivity contribution in [3.8, 4) is 0 Å². The summed E-state index contributed by atoms with van der Waals surface area (Å²) < 4.78 is 1.93. The van der Waals surface area contributed by atoms with Gasteiger partial charge in [0.05, 0.1) is 17.6 Å². The average molecular weight is 265 g/mol. The van der Waals surface area contributed by atoms with Gasteiger partial charge in [-0.05, 0) is 23.8 Å². The Morgan fingerprint density at radius 3 is 2.90 bits per heavy atom. The van der Waals surface area contributed by atoms with Crippen molar-refractivity contribution in [1.82, 2.24) is 9.55 Å². The van der Waals surface area contributed by atoms with E-state index in [-0.39, 0.29) is 5.91 Å². The number of nitrogens with zero attached hydrogens (tertiary/aromatic N) is 2. The second-order valence-electron chi connectivity index (χ2n) is 4.79. The SMILES string of the molecule is Cn1ccc(CC(=O)Nc2cccc3cccnc23)c1. The zero-order valence-corrected chi connectivity index (χ0v) is 11.2. The molecule has 0 spiro atoms. The van der Waals surface area contributed by atoms with Crippen molar-refractivity contribution in [3.63, 3.8) is 0 Å². The molecule has 4 nitrogen and oxygen atoms in total. The Hall–Kier alpha value is -2.62. The number of fused-ring (bicyclic) bond motifs is 1. The summed E-state index contributed by atoms with van der Waals surface area (Å²) in [6.45, 7) is 0. The van der Waals surface area contributed by atoms with Gasteiger partial charge in [-0.1, -0.05) is 18.2 Å². The van der Waals surface area contributed by atoms with E-state index in [2.05, 4.69) is 10.3 Å². The number of rotatable bonds is 3. The number of carbonyl (C=O) groups is 1. The van der Waals surface area contributed by atoms with Gasteiger partial charge in [-0.3, -0.25) is 9.78 Å². The summed E-state index contributed by atoms with van der Waals surface area (Å²) in [7, 11) is 1.94. The van der Waals surface area contributed by atoms with Crippen molar-refractivity contribution in [2.45, 2.75) is 6.42 Å². The van der Waals surface area contributed by atoms with Crippen LogP contribution in [0.5, 0.6) is 0 Å². The van der Waals surface area contributed by atoms with Crippen molar-refractivity contribution in [3.05, 3.63) is 60.6 Å². The summed E-state index contributed by atoms with van der Waals surface area (Å²) >= 11 is 0. The number of hydrogen-bond donors (Lipinski definition) is 1. The third-order valence-corrected chi connectivity index (χ3v) is 3.16. The quantitative estimate of drug-likeness (QED) is 0.791. The lowest BCUT2D eigenvalue weighted by molar-refractivity contribution is -0.115. The molecule has 0 saturated carbocycles. The molecule has 100 valence electrons. The third-order valence-electron chi connectivity index (χ3n) is 3.16. The Morgan fingerprint density at radius 2 is 2.10 bits per heavy atom. The molecular weight excluding hydrogens is 250 g/mol. The highest BCUT2D eigenvalue weighted by Crippen LogP contribution is 2.20. The van der Waals surface area contributed by atoms with Crippen LogP contribution in [0.25, 0.3) is 10.9 Å². The molecule has 1 aromatic carbocycles. The number of benzene rings is 1. The lowest BCUT2D eigenvalue weighted by atomic mass is 10.2. The van der Waals surface area contributed by atoms with Gasteiger partial charge in [-0.15, -0.1) is 0 Å². The van der Waals surface area contributed by atoms with Crippen molar-refractivity contribution < 1.29 is 4.79 Å². The fraction of sp³-hybridized carbons (Fsp3) is 0.125. The van der Waals surface area contributed by atoms with E-state index in [0.29, 0.717) is 6.42 Å². The van der Waals surface area contributed by atoms with Crippen molar-refractivity contribution >= 4 is 22.5 Å². The zero-order chi connectivity index (χ0) is 13.9. The molecule has 0 fully saturated rings. The maximum absolute atomic E-state index is 12.1. The summed E-state index contributed by atoms with van der Waals surface area (Å²) in [5, 5.41) is 3.95. The van der Waals surface area contributed by atoms with E-state index < -0.39 is 0 Å². The average Bonchev–Trinajstić information content (AvgIpc) is 2.84. The highest BCUT2D eigenvalue weighted by Gasteiger charge is 2.08. The third kappa shape index (κ3) is 2.54. The highest BCUT2D eigenvalue weighted by molar-refractivity contribution is 6.00. The molecule has 20 heavy (non-hydrogen) atoms. The van der Waals surface area contributed by atoms with Gasteiger partial charge in [0, 0.05) is 31.0 Å². The van der Waals surface area contributed by atoms with Crippen LogP contribution in [-0.4, -0.2) is 15.5 Å². The van der Waals surface area contributed by atoms with Crippen LogP contribution in [0.2, 0.25) is 0 Å². The first-order valence-corrected chi connectivity index (χ1v) is 6.47. The molecular formula is C16H15N3O. The molecule has 2 aromatic heterocycles. The number of para-hydroxylation sites is 1. The Labute approximate surface area is 117 Å². The zero-order valence-electron chi connectivity index (χ0n) is 11.2. The summed E-state index contributed by atoms with van der Waals surface area (Å²) in [6.07, 6.45) is 5.97. The molecule has 0 aliphatic carbocycles. The van der Waals surface area contributed by atoms with Crippen LogP contribution in [0.3, 0.4) is 0 Å². The van der Waals surface area contributed by atoms with Crippen molar-refractivity contribution in [1.29, 1.82) is 0 Å². The smallest absolute Gasteiger partial charge is 0.228 e. The van der Waals surface area contributed by atoms with E-state index in [1.165, 1.54) is 0 Å². The topological polar surface area (TPSA) is 46.9 Å². The number of aryl methyl sites for hydroxylation is 1. The van der Waals surface area contributed by atoms with E-state index in [1.807, 2.05) is 60.4 Å².